The van der Waals surface area contributed by atoms with Gasteiger partial charge in [0.25, 0.3) is 0 Å². The Labute approximate surface area is 71.5 Å². The smallest absolute Gasteiger partial charge is 0.174 e. The molecule has 0 aromatic carbocycles. The lowest BCUT2D eigenvalue weighted by Crippen LogP contribution is -2.00. The van der Waals surface area contributed by atoms with Gasteiger partial charge in [0, 0.05) is 10.6 Å². The molecule has 0 fully saturated rings. The molecule has 1 aromatic rings. The summed E-state index contributed by atoms with van der Waals surface area (Å²) in [6.45, 7) is 0. The van der Waals surface area contributed by atoms with E-state index in [-0.39, 0.29) is 0 Å². The fraction of sp³-hybridized carbons (Fsp3) is 0.333. The van der Waals surface area contributed by atoms with E-state index in [2.05, 4.69) is 12.6 Å². The van der Waals surface area contributed by atoms with E-state index in [1.165, 1.54) is 6.07 Å². The molecule has 62 valence electrons. The van der Waals surface area contributed by atoms with E-state index in [0.717, 1.165) is 17.4 Å². The van der Waals surface area contributed by atoms with Gasteiger partial charge in [0.2, 0.25) is 0 Å². The number of halogens is 3. The molecule has 0 bridgehead atoms. The first-order chi connectivity index (χ1) is 5.04. The van der Waals surface area contributed by atoms with Crippen LogP contribution in [0, 0.1) is 0 Å². The number of hydrogen-bond donors (Lipinski definition) is 1. The normalized spacial score (nSPS) is 12.0. The van der Waals surface area contributed by atoms with Crippen molar-refractivity contribution in [3.05, 3.63) is 21.9 Å². The maximum absolute atomic E-state index is 11.9. The lowest BCUT2D eigenvalue weighted by molar-refractivity contribution is -0.134. The maximum atomic E-state index is 11.9. The van der Waals surface area contributed by atoms with Crippen LogP contribution in [0.4, 0.5) is 13.2 Å². The Balaban J connectivity index is 2.89. The van der Waals surface area contributed by atoms with Crippen molar-refractivity contribution in [2.24, 2.45) is 0 Å². The van der Waals surface area contributed by atoms with E-state index in [4.69, 9.17) is 0 Å². The lowest BCUT2D eigenvalue weighted by Gasteiger charge is -2.00. The molecule has 1 aromatic heterocycles. The summed E-state index contributed by atoms with van der Waals surface area (Å²) >= 11 is 4.60. The predicted molar refractivity (Wildman–Crippen MR) is 42.0 cm³/mol. The van der Waals surface area contributed by atoms with E-state index >= 15 is 0 Å². The van der Waals surface area contributed by atoms with Gasteiger partial charge in [0.05, 0.1) is 0 Å². The van der Waals surface area contributed by atoms with Gasteiger partial charge in [-0.25, -0.2) is 0 Å². The molecule has 11 heavy (non-hydrogen) atoms. The second kappa shape index (κ2) is 3.06. The van der Waals surface area contributed by atoms with Crippen molar-refractivity contribution < 1.29 is 13.2 Å². The summed E-state index contributed by atoms with van der Waals surface area (Å²) < 4.78 is 35.8. The van der Waals surface area contributed by atoms with Crippen LogP contribution >= 0.6 is 24.0 Å². The lowest BCUT2D eigenvalue weighted by atomic mass is 10.4. The fourth-order valence-corrected chi connectivity index (χ4v) is 1.65. The minimum absolute atomic E-state index is 0.362. The second-order valence-electron chi connectivity index (χ2n) is 1.92. The number of rotatable bonds is 1. The van der Waals surface area contributed by atoms with Crippen molar-refractivity contribution >= 4 is 24.0 Å². The Hall–Kier alpha value is -0.160. The first-order valence-electron chi connectivity index (χ1n) is 2.81. The topological polar surface area (TPSA) is 0 Å². The molecular formula is C6H5F3S2. The van der Waals surface area contributed by atoms with Crippen LogP contribution in [-0.2, 0) is 11.9 Å². The molecular weight excluding hydrogens is 193 g/mol. The zero-order valence-corrected chi connectivity index (χ0v) is 7.06. The fourth-order valence-electron chi connectivity index (χ4n) is 0.615. The number of hydrogen-bond acceptors (Lipinski definition) is 2. The average Bonchev–Trinajstić information content (AvgIpc) is 2.32. The predicted octanol–water partition coefficient (Wildman–Crippen LogP) is 3.20. The Morgan fingerprint density at radius 2 is 2.00 bits per heavy atom. The summed E-state index contributed by atoms with van der Waals surface area (Å²) in [6.07, 6.45) is -4.20. The van der Waals surface area contributed by atoms with E-state index in [1.54, 1.807) is 0 Å². The highest BCUT2D eigenvalue weighted by molar-refractivity contribution is 7.79. The van der Waals surface area contributed by atoms with Crippen molar-refractivity contribution in [3.8, 4) is 0 Å². The highest BCUT2D eigenvalue weighted by Gasteiger charge is 2.32. The molecule has 0 spiro atoms. The molecule has 0 saturated carbocycles. The molecule has 0 aliphatic heterocycles. The number of thiophene rings is 1. The summed E-state index contributed by atoms with van der Waals surface area (Å²) in [4.78, 5) is 0.0854. The largest absolute Gasteiger partial charge is 0.425 e. The van der Waals surface area contributed by atoms with E-state index in [9.17, 15) is 13.2 Å². The number of alkyl halides is 3. The summed E-state index contributed by atoms with van der Waals surface area (Å²) in [5.74, 6) is 0.362. The zero-order valence-electron chi connectivity index (χ0n) is 5.35. The minimum atomic E-state index is -4.20. The highest BCUT2D eigenvalue weighted by Crippen LogP contribution is 2.34. The molecule has 0 N–H and O–H groups in total. The van der Waals surface area contributed by atoms with Crippen molar-refractivity contribution in [3.63, 3.8) is 0 Å². The SMILES string of the molecule is FC(F)(F)c1ccc(CS)s1. The molecule has 0 nitrogen and oxygen atoms in total. The quantitative estimate of drug-likeness (QED) is 0.658. The first kappa shape index (κ1) is 8.93. The van der Waals surface area contributed by atoms with Gasteiger partial charge in [0.1, 0.15) is 4.88 Å². The van der Waals surface area contributed by atoms with E-state index < -0.39 is 11.1 Å². The maximum Gasteiger partial charge on any atom is 0.425 e. The molecule has 0 aliphatic rings. The van der Waals surface area contributed by atoms with Gasteiger partial charge < -0.3 is 0 Å². The van der Waals surface area contributed by atoms with Gasteiger partial charge in [-0.2, -0.15) is 25.8 Å². The third-order valence-corrected chi connectivity index (χ3v) is 2.78. The van der Waals surface area contributed by atoms with Crippen LogP contribution in [0.15, 0.2) is 12.1 Å². The third kappa shape index (κ3) is 2.13. The monoisotopic (exact) mass is 198 g/mol. The molecule has 0 unspecified atom stereocenters. The Kier molecular flexibility index (Phi) is 2.49. The first-order valence-corrected chi connectivity index (χ1v) is 4.25. The van der Waals surface area contributed by atoms with Gasteiger partial charge in [-0.3, -0.25) is 0 Å². The van der Waals surface area contributed by atoms with Crippen LogP contribution in [0.25, 0.3) is 0 Å². The van der Waals surface area contributed by atoms with Gasteiger partial charge >= 0.3 is 6.18 Å². The van der Waals surface area contributed by atoms with Crippen LogP contribution < -0.4 is 0 Å². The van der Waals surface area contributed by atoms with Crippen LogP contribution in [0.2, 0.25) is 0 Å². The molecule has 5 heteroatoms. The Morgan fingerprint density at radius 1 is 1.36 bits per heavy atom. The third-order valence-electron chi connectivity index (χ3n) is 1.10. The zero-order chi connectivity index (χ0) is 8.48. The highest BCUT2D eigenvalue weighted by atomic mass is 32.1. The molecule has 0 amide bonds. The molecule has 0 saturated heterocycles. The standard InChI is InChI=1S/C6H5F3S2/c7-6(8,9)5-2-1-4(3-10)11-5/h1-2,10H,3H2. The Bertz CT molecular complexity index is 238. The van der Waals surface area contributed by atoms with E-state index in [1.807, 2.05) is 0 Å². The Morgan fingerprint density at radius 3 is 2.27 bits per heavy atom. The van der Waals surface area contributed by atoms with Crippen LogP contribution in [0.1, 0.15) is 9.75 Å². The van der Waals surface area contributed by atoms with Gasteiger partial charge in [-0.1, -0.05) is 0 Å². The van der Waals surface area contributed by atoms with Crippen molar-refractivity contribution in [1.29, 1.82) is 0 Å². The van der Waals surface area contributed by atoms with E-state index in [0.29, 0.717) is 10.6 Å². The molecule has 0 radical (unpaired) electrons. The summed E-state index contributed by atoms with van der Waals surface area (Å²) in [5.41, 5.74) is 0. The summed E-state index contributed by atoms with van der Waals surface area (Å²) in [6, 6.07) is 2.52. The van der Waals surface area contributed by atoms with Crippen LogP contribution in [0.5, 0.6) is 0 Å². The van der Waals surface area contributed by atoms with Crippen LogP contribution in [-0.4, -0.2) is 0 Å². The van der Waals surface area contributed by atoms with Crippen molar-refractivity contribution in [2.75, 3.05) is 0 Å². The van der Waals surface area contributed by atoms with Crippen LogP contribution in [0.3, 0.4) is 0 Å². The molecule has 0 aliphatic carbocycles. The van der Waals surface area contributed by atoms with Gasteiger partial charge in [-0.05, 0) is 12.1 Å². The van der Waals surface area contributed by atoms with Crippen molar-refractivity contribution in [1.82, 2.24) is 0 Å². The average molecular weight is 198 g/mol. The minimum Gasteiger partial charge on any atom is -0.174 e. The molecule has 1 heterocycles. The summed E-state index contributed by atoms with van der Waals surface area (Å²) in [7, 11) is 0. The van der Waals surface area contributed by atoms with Gasteiger partial charge in [0.15, 0.2) is 0 Å². The summed E-state index contributed by atoms with van der Waals surface area (Å²) in [5, 5.41) is 0. The number of thiol groups is 1. The molecule has 1 rings (SSSR count). The van der Waals surface area contributed by atoms with Gasteiger partial charge in [-0.15, -0.1) is 11.3 Å². The van der Waals surface area contributed by atoms with Crippen molar-refractivity contribution in [2.45, 2.75) is 11.9 Å². The second-order valence-corrected chi connectivity index (χ2v) is 3.41. The molecule has 0 atom stereocenters.